The van der Waals surface area contributed by atoms with Crippen LogP contribution < -0.4 is 5.32 Å². The highest BCUT2D eigenvalue weighted by molar-refractivity contribution is 5.94. The average Bonchev–Trinajstić information content (AvgIpc) is 2.36. The Morgan fingerprint density at radius 1 is 1.39 bits per heavy atom. The van der Waals surface area contributed by atoms with Gasteiger partial charge >= 0.3 is 0 Å². The number of amides is 1. The molecule has 1 aromatic rings. The van der Waals surface area contributed by atoms with Gasteiger partial charge in [0.1, 0.15) is 11.6 Å². The number of benzene rings is 1. The minimum Gasteiger partial charge on any atom is -0.352 e. The molecule has 0 fully saturated rings. The van der Waals surface area contributed by atoms with E-state index in [0.717, 1.165) is 18.2 Å². The molecule has 1 amide bonds. The fraction of sp³-hybridized carbons (Fsp3) is 0.364. The molecule has 1 aromatic carbocycles. The molecule has 1 rings (SSSR count). The third-order valence-electron chi connectivity index (χ3n) is 2.21. The molecule has 0 bridgehead atoms. The maximum atomic E-state index is 13.2. The second-order valence-electron chi connectivity index (χ2n) is 3.54. The molecular formula is C11H12F2N4O. The summed E-state index contributed by atoms with van der Waals surface area (Å²) in [4.78, 5) is 14.1. The molecule has 0 saturated heterocycles. The molecule has 0 spiro atoms. The van der Waals surface area contributed by atoms with Gasteiger partial charge in [0, 0.05) is 18.0 Å². The molecule has 0 heterocycles. The molecule has 0 saturated carbocycles. The number of unbranched alkanes of at least 4 members (excludes halogenated alkanes) is 1. The van der Waals surface area contributed by atoms with Crippen molar-refractivity contribution in [3.8, 4) is 0 Å². The van der Waals surface area contributed by atoms with Crippen LogP contribution in [0.25, 0.3) is 10.4 Å². The Morgan fingerprint density at radius 2 is 2.17 bits per heavy atom. The summed E-state index contributed by atoms with van der Waals surface area (Å²) < 4.78 is 26.1. The summed E-state index contributed by atoms with van der Waals surface area (Å²) in [6.07, 6.45) is 1.22. The highest BCUT2D eigenvalue weighted by Gasteiger charge is 2.11. The fourth-order valence-corrected chi connectivity index (χ4v) is 1.32. The lowest BCUT2D eigenvalue weighted by Crippen LogP contribution is -2.25. The van der Waals surface area contributed by atoms with Crippen LogP contribution in [-0.2, 0) is 0 Å². The topological polar surface area (TPSA) is 77.9 Å². The summed E-state index contributed by atoms with van der Waals surface area (Å²) in [5.74, 6) is -2.08. The summed E-state index contributed by atoms with van der Waals surface area (Å²) in [5, 5.41) is 5.79. The number of halogens is 2. The number of nitrogens with zero attached hydrogens (tertiary/aromatic N) is 3. The Morgan fingerprint density at radius 3 is 2.89 bits per heavy atom. The van der Waals surface area contributed by atoms with E-state index >= 15 is 0 Å². The average molecular weight is 254 g/mol. The standard InChI is InChI=1S/C11H12F2N4O/c12-8-3-4-10(13)9(7-8)11(18)15-5-1-2-6-16-17-14/h3-4,7H,1-2,5-6H2,(H,15,18). The second kappa shape index (κ2) is 7.24. The van der Waals surface area contributed by atoms with Gasteiger partial charge in [-0.15, -0.1) is 0 Å². The molecular weight excluding hydrogens is 242 g/mol. The van der Waals surface area contributed by atoms with Crippen molar-refractivity contribution in [2.75, 3.05) is 13.1 Å². The first-order valence-corrected chi connectivity index (χ1v) is 5.39. The zero-order valence-electron chi connectivity index (χ0n) is 9.57. The van der Waals surface area contributed by atoms with Gasteiger partial charge in [0.15, 0.2) is 0 Å². The van der Waals surface area contributed by atoms with Crippen LogP contribution in [0.2, 0.25) is 0 Å². The van der Waals surface area contributed by atoms with Crippen LogP contribution in [0.1, 0.15) is 23.2 Å². The van der Waals surface area contributed by atoms with Crippen LogP contribution in [-0.4, -0.2) is 19.0 Å². The van der Waals surface area contributed by atoms with Gasteiger partial charge in [-0.25, -0.2) is 8.78 Å². The summed E-state index contributed by atoms with van der Waals surface area (Å²) in [7, 11) is 0. The monoisotopic (exact) mass is 254 g/mol. The Balaban J connectivity index is 2.41. The van der Waals surface area contributed by atoms with E-state index < -0.39 is 17.5 Å². The summed E-state index contributed by atoms with van der Waals surface area (Å²) in [6.45, 7) is 0.663. The van der Waals surface area contributed by atoms with Gasteiger partial charge in [-0.05, 0) is 36.6 Å². The van der Waals surface area contributed by atoms with Gasteiger partial charge in [-0.2, -0.15) is 0 Å². The third kappa shape index (κ3) is 4.39. The smallest absolute Gasteiger partial charge is 0.254 e. The van der Waals surface area contributed by atoms with Crippen molar-refractivity contribution in [1.82, 2.24) is 5.32 Å². The molecule has 96 valence electrons. The van der Waals surface area contributed by atoms with Gasteiger partial charge in [0.2, 0.25) is 0 Å². The zero-order chi connectivity index (χ0) is 13.4. The van der Waals surface area contributed by atoms with Gasteiger partial charge in [0.05, 0.1) is 5.56 Å². The van der Waals surface area contributed by atoms with Crippen LogP contribution in [0.3, 0.4) is 0 Å². The van der Waals surface area contributed by atoms with Crippen molar-refractivity contribution < 1.29 is 13.6 Å². The Hall–Kier alpha value is -2.14. The van der Waals surface area contributed by atoms with E-state index in [0.29, 0.717) is 25.9 Å². The van der Waals surface area contributed by atoms with Crippen molar-refractivity contribution in [2.24, 2.45) is 5.11 Å². The minimum atomic E-state index is -0.761. The van der Waals surface area contributed by atoms with Gasteiger partial charge in [0.25, 0.3) is 5.91 Å². The number of nitrogens with one attached hydrogen (secondary N) is 1. The lowest BCUT2D eigenvalue weighted by atomic mass is 10.2. The van der Waals surface area contributed by atoms with Gasteiger partial charge in [-0.3, -0.25) is 4.79 Å². The van der Waals surface area contributed by atoms with Gasteiger partial charge < -0.3 is 5.32 Å². The molecule has 0 aliphatic rings. The van der Waals surface area contributed by atoms with E-state index in [1.807, 2.05) is 0 Å². The normalized spacial score (nSPS) is 9.67. The van der Waals surface area contributed by atoms with E-state index in [-0.39, 0.29) is 5.56 Å². The SMILES string of the molecule is [N-]=[N+]=NCCCCNC(=O)c1cc(F)ccc1F. The number of carbonyl (C=O) groups excluding carboxylic acids is 1. The van der Waals surface area contributed by atoms with E-state index in [9.17, 15) is 13.6 Å². The van der Waals surface area contributed by atoms with Crippen molar-refractivity contribution in [1.29, 1.82) is 0 Å². The highest BCUT2D eigenvalue weighted by atomic mass is 19.1. The van der Waals surface area contributed by atoms with E-state index in [1.54, 1.807) is 0 Å². The first-order valence-electron chi connectivity index (χ1n) is 5.39. The van der Waals surface area contributed by atoms with Crippen molar-refractivity contribution in [3.63, 3.8) is 0 Å². The first kappa shape index (κ1) is 13.9. The van der Waals surface area contributed by atoms with Crippen molar-refractivity contribution in [3.05, 3.63) is 45.8 Å². The Labute approximate surface area is 102 Å². The largest absolute Gasteiger partial charge is 0.352 e. The number of carbonyl (C=O) groups is 1. The van der Waals surface area contributed by atoms with Gasteiger partial charge in [-0.1, -0.05) is 5.11 Å². The number of hydrogen-bond acceptors (Lipinski definition) is 2. The van der Waals surface area contributed by atoms with E-state index in [4.69, 9.17) is 5.53 Å². The maximum absolute atomic E-state index is 13.2. The Bertz CT molecular complexity index is 472. The Kier molecular flexibility index (Phi) is 5.60. The lowest BCUT2D eigenvalue weighted by molar-refractivity contribution is 0.0948. The summed E-state index contributed by atoms with van der Waals surface area (Å²) in [6, 6.07) is 2.71. The first-order chi connectivity index (χ1) is 8.65. The molecule has 0 radical (unpaired) electrons. The number of azide groups is 1. The quantitative estimate of drug-likeness (QED) is 0.360. The number of rotatable bonds is 6. The third-order valence-corrected chi connectivity index (χ3v) is 2.21. The molecule has 0 aromatic heterocycles. The fourth-order valence-electron chi connectivity index (χ4n) is 1.32. The molecule has 1 N–H and O–H groups in total. The van der Waals surface area contributed by atoms with E-state index in [2.05, 4.69) is 15.3 Å². The van der Waals surface area contributed by atoms with E-state index in [1.165, 1.54) is 0 Å². The maximum Gasteiger partial charge on any atom is 0.254 e. The number of hydrogen-bond donors (Lipinski definition) is 1. The molecule has 0 aliphatic carbocycles. The van der Waals surface area contributed by atoms with Crippen LogP contribution >= 0.6 is 0 Å². The van der Waals surface area contributed by atoms with Crippen LogP contribution in [0.4, 0.5) is 8.78 Å². The van der Waals surface area contributed by atoms with Crippen molar-refractivity contribution in [2.45, 2.75) is 12.8 Å². The van der Waals surface area contributed by atoms with Crippen molar-refractivity contribution >= 4 is 5.91 Å². The minimum absolute atomic E-state index is 0.315. The van der Waals surface area contributed by atoms with Crippen LogP contribution in [0.5, 0.6) is 0 Å². The molecule has 5 nitrogen and oxygen atoms in total. The second-order valence-corrected chi connectivity index (χ2v) is 3.54. The zero-order valence-corrected chi connectivity index (χ0v) is 9.57. The molecule has 18 heavy (non-hydrogen) atoms. The summed E-state index contributed by atoms with van der Waals surface area (Å²) >= 11 is 0. The molecule has 0 atom stereocenters. The lowest BCUT2D eigenvalue weighted by Gasteiger charge is -2.05. The highest BCUT2D eigenvalue weighted by Crippen LogP contribution is 2.09. The van der Waals surface area contributed by atoms with Crippen LogP contribution in [0, 0.1) is 11.6 Å². The predicted octanol–water partition coefficient (Wildman–Crippen LogP) is 2.79. The molecule has 0 aliphatic heterocycles. The molecule has 7 heteroatoms. The predicted molar refractivity (Wildman–Crippen MR) is 61.9 cm³/mol. The summed E-state index contributed by atoms with van der Waals surface area (Å²) in [5.41, 5.74) is 7.71. The molecule has 0 unspecified atom stereocenters. The van der Waals surface area contributed by atoms with Crippen LogP contribution in [0.15, 0.2) is 23.3 Å².